The van der Waals surface area contributed by atoms with Gasteiger partial charge in [-0.05, 0) is 13.8 Å². The number of hydrogen-bond acceptors (Lipinski definition) is 6. The highest BCUT2D eigenvalue weighted by atomic mass is 32.2. The average Bonchev–Trinajstić information content (AvgIpc) is 2.49. The Kier molecular flexibility index (Phi) is 5.06. The molecule has 0 saturated heterocycles. The minimum atomic E-state index is -0.348. The van der Waals surface area contributed by atoms with Gasteiger partial charge < -0.3 is 4.74 Å². The summed E-state index contributed by atoms with van der Waals surface area (Å²) in [4.78, 5) is 15.7. The number of ether oxygens (including phenoxy) is 1. The molecule has 0 spiro atoms. The first-order valence-corrected chi connectivity index (χ1v) is 7.17. The quantitative estimate of drug-likeness (QED) is 0.622. The van der Waals surface area contributed by atoms with Crippen molar-refractivity contribution >= 4 is 17.7 Å². The highest BCUT2D eigenvalue weighted by Crippen LogP contribution is 2.21. The SMILES string of the molecule is CCOC(=O)[C@H](C)Sc1ncc(-c2ccccc2)nn1. The number of benzene rings is 1. The molecule has 1 aromatic carbocycles. The van der Waals surface area contributed by atoms with E-state index in [1.807, 2.05) is 30.3 Å². The molecule has 0 bridgehead atoms. The molecule has 2 aromatic rings. The third-order valence-corrected chi connectivity index (χ3v) is 3.45. The predicted molar refractivity (Wildman–Crippen MR) is 77.2 cm³/mol. The zero-order chi connectivity index (χ0) is 14.4. The number of nitrogens with zero attached hydrogens (tertiary/aromatic N) is 3. The molecule has 0 aliphatic heterocycles. The summed E-state index contributed by atoms with van der Waals surface area (Å²) >= 11 is 1.24. The number of aromatic nitrogens is 3. The maximum Gasteiger partial charge on any atom is 0.319 e. The molecule has 0 fully saturated rings. The van der Waals surface area contributed by atoms with E-state index in [0.29, 0.717) is 17.5 Å². The van der Waals surface area contributed by atoms with Crippen LogP contribution in [0.3, 0.4) is 0 Å². The summed E-state index contributed by atoms with van der Waals surface area (Å²) < 4.78 is 4.93. The predicted octanol–water partition coefficient (Wildman–Crippen LogP) is 2.58. The van der Waals surface area contributed by atoms with Crippen LogP contribution in [0.2, 0.25) is 0 Å². The third kappa shape index (κ3) is 3.77. The van der Waals surface area contributed by atoms with Gasteiger partial charge in [-0.15, -0.1) is 10.2 Å². The van der Waals surface area contributed by atoms with Crippen molar-refractivity contribution < 1.29 is 9.53 Å². The molecule has 0 amide bonds. The second-order valence-corrected chi connectivity index (χ2v) is 5.31. The average molecular weight is 289 g/mol. The lowest BCUT2D eigenvalue weighted by molar-refractivity contribution is -0.142. The van der Waals surface area contributed by atoms with Crippen LogP contribution in [0.4, 0.5) is 0 Å². The largest absolute Gasteiger partial charge is 0.465 e. The Morgan fingerprint density at radius 3 is 2.65 bits per heavy atom. The molecule has 1 aromatic heterocycles. The molecular weight excluding hydrogens is 274 g/mol. The second-order valence-electron chi connectivity index (χ2n) is 4.00. The van der Waals surface area contributed by atoms with Crippen LogP contribution in [0.5, 0.6) is 0 Å². The molecule has 0 N–H and O–H groups in total. The van der Waals surface area contributed by atoms with Crippen molar-refractivity contribution in [3.63, 3.8) is 0 Å². The van der Waals surface area contributed by atoms with Gasteiger partial charge in [-0.25, -0.2) is 4.98 Å². The summed E-state index contributed by atoms with van der Waals surface area (Å²) in [7, 11) is 0. The van der Waals surface area contributed by atoms with Gasteiger partial charge in [0.2, 0.25) is 5.16 Å². The van der Waals surface area contributed by atoms with Gasteiger partial charge in [0.15, 0.2) is 0 Å². The minimum absolute atomic E-state index is 0.270. The Balaban J connectivity index is 2.04. The van der Waals surface area contributed by atoms with Gasteiger partial charge in [-0.3, -0.25) is 4.79 Å². The maximum atomic E-state index is 11.5. The van der Waals surface area contributed by atoms with Crippen LogP contribution in [0, 0.1) is 0 Å². The molecule has 5 nitrogen and oxygen atoms in total. The summed E-state index contributed by atoms with van der Waals surface area (Å²) in [5, 5.41) is 8.27. The fourth-order valence-electron chi connectivity index (χ4n) is 1.53. The van der Waals surface area contributed by atoms with Gasteiger partial charge in [0, 0.05) is 5.56 Å². The van der Waals surface area contributed by atoms with E-state index in [1.165, 1.54) is 11.8 Å². The molecule has 104 valence electrons. The van der Waals surface area contributed by atoms with Gasteiger partial charge in [-0.2, -0.15) is 0 Å². The van der Waals surface area contributed by atoms with Gasteiger partial charge in [0.25, 0.3) is 0 Å². The van der Waals surface area contributed by atoms with E-state index in [-0.39, 0.29) is 11.2 Å². The topological polar surface area (TPSA) is 65.0 Å². The number of thioether (sulfide) groups is 1. The van der Waals surface area contributed by atoms with Crippen LogP contribution < -0.4 is 0 Å². The van der Waals surface area contributed by atoms with Crippen LogP contribution in [0.1, 0.15) is 13.8 Å². The first kappa shape index (κ1) is 14.5. The summed E-state index contributed by atoms with van der Waals surface area (Å²) in [5.74, 6) is -0.270. The standard InChI is InChI=1S/C14H15N3O2S/c1-3-19-13(18)10(2)20-14-15-9-12(16-17-14)11-7-5-4-6-8-11/h4-10H,3H2,1-2H3/t10-/m0/s1. The highest BCUT2D eigenvalue weighted by Gasteiger charge is 2.17. The molecule has 20 heavy (non-hydrogen) atoms. The number of carbonyl (C=O) groups is 1. The van der Waals surface area contributed by atoms with Crippen molar-refractivity contribution in [1.82, 2.24) is 15.2 Å². The zero-order valence-corrected chi connectivity index (χ0v) is 12.1. The van der Waals surface area contributed by atoms with Crippen molar-refractivity contribution in [2.45, 2.75) is 24.3 Å². The lowest BCUT2D eigenvalue weighted by atomic mass is 10.2. The first-order chi connectivity index (χ1) is 9.70. The summed E-state index contributed by atoms with van der Waals surface area (Å²) in [5.41, 5.74) is 1.67. The molecular formula is C14H15N3O2S. The second kappa shape index (κ2) is 7.00. The minimum Gasteiger partial charge on any atom is -0.465 e. The normalized spacial score (nSPS) is 11.9. The summed E-state index contributed by atoms with van der Waals surface area (Å²) in [6.45, 7) is 3.91. The van der Waals surface area contributed by atoms with Crippen LogP contribution in [0.15, 0.2) is 41.7 Å². The van der Waals surface area contributed by atoms with E-state index in [0.717, 1.165) is 5.56 Å². The zero-order valence-electron chi connectivity index (χ0n) is 11.3. The van der Waals surface area contributed by atoms with E-state index in [2.05, 4.69) is 15.2 Å². The van der Waals surface area contributed by atoms with Crippen molar-refractivity contribution in [3.8, 4) is 11.3 Å². The van der Waals surface area contributed by atoms with E-state index >= 15 is 0 Å². The Morgan fingerprint density at radius 1 is 1.30 bits per heavy atom. The molecule has 1 atom stereocenters. The monoisotopic (exact) mass is 289 g/mol. The van der Waals surface area contributed by atoms with Gasteiger partial charge in [0.1, 0.15) is 10.9 Å². The van der Waals surface area contributed by atoms with E-state index in [1.54, 1.807) is 20.0 Å². The number of esters is 1. The van der Waals surface area contributed by atoms with Gasteiger partial charge in [-0.1, -0.05) is 42.1 Å². The van der Waals surface area contributed by atoms with Crippen LogP contribution >= 0.6 is 11.8 Å². The highest BCUT2D eigenvalue weighted by molar-refractivity contribution is 8.00. The van der Waals surface area contributed by atoms with Crippen molar-refractivity contribution in [2.24, 2.45) is 0 Å². The molecule has 1 heterocycles. The Morgan fingerprint density at radius 2 is 2.05 bits per heavy atom. The fourth-order valence-corrected chi connectivity index (χ4v) is 2.21. The molecule has 0 unspecified atom stereocenters. The summed E-state index contributed by atoms with van der Waals surface area (Å²) in [6.07, 6.45) is 1.66. The molecule has 2 rings (SSSR count). The lowest BCUT2D eigenvalue weighted by Crippen LogP contribution is -2.17. The Labute approximate surface area is 121 Å². The maximum absolute atomic E-state index is 11.5. The van der Waals surface area contributed by atoms with Crippen molar-refractivity contribution in [2.75, 3.05) is 6.61 Å². The first-order valence-electron chi connectivity index (χ1n) is 6.29. The smallest absolute Gasteiger partial charge is 0.319 e. The summed E-state index contributed by atoms with van der Waals surface area (Å²) in [6, 6.07) is 9.69. The van der Waals surface area contributed by atoms with Crippen LogP contribution in [0.25, 0.3) is 11.3 Å². The van der Waals surface area contributed by atoms with Crippen molar-refractivity contribution in [1.29, 1.82) is 0 Å². The fraction of sp³-hybridized carbons (Fsp3) is 0.286. The van der Waals surface area contributed by atoms with Crippen LogP contribution in [-0.2, 0) is 9.53 Å². The molecule has 0 aliphatic carbocycles. The van der Waals surface area contributed by atoms with Gasteiger partial charge in [0.05, 0.1) is 12.8 Å². The number of carbonyl (C=O) groups excluding carboxylic acids is 1. The van der Waals surface area contributed by atoms with Gasteiger partial charge >= 0.3 is 5.97 Å². The van der Waals surface area contributed by atoms with E-state index in [4.69, 9.17) is 4.74 Å². The number of rotatable bonds is 5. The van der Waals surface area contributed by atoms with Crippen molar-refractivity contribution in [3.05, 3.63) is 36.5 Å². The number of hydrogen-bond donors (Lipinski definition) is 0. The third-order valence-electron chi connectivity index (χ3n) is 2.51. The van der Waals surface area contributed by atoms with E-state index in [9.17, 15) is 4.79 Å². The Bertz CT molecular complexity index is 560. The van der Waals surface area contributed by atoms with E-state index < -0.39 is 0 Å². The molecule has 0 radical (unpaired) electrons. The molecule has 0 saturated carbocycles. The molecule has 6 heteroatoms. The lowest BCUT2D eigenvalue weighted by Gasteiger charge is -2.08. The Hall–Kier alpha value is -1.95. The van der Waals surface area contributed by atoms with Crippen LogP contribution in [-0.4, -0.2) is 33.0 Å². The molecule has 0 aliphatic rings.